The summed E-state index contributed by atoms with van der Waals surface area (Å²) in [7, 11) is 0. The van der Waals surface area contributed by atoms with E-state index in [0.29, 0.717) is 17.3 Å². The van der Waals surface area contributed by atoms with E-state index in [4.69, 9.17) is 0 Å². The van der Waals surface area contributed by atoms with Crippen molar-refractivity contribution in [3.05, 3.63) is 54.4 Å². The zero-order valence-electron chi connectivity index (χ0n) is 16.2. The summed E-state index contributed by atoms with van der Waals surface area (Å²) in [6.07, 6.45) is 5.64. The quantitative estimate of drug-likeness (QED) is 0.470. The van der Waals surface area contributed by atoms with Gasteiger partial charge in [-0.3, -0.25) is 19.1 Å². The predicted molar refractivity (Wildman–Crippen MR) is 112 cm³/mol. The van der Waals surface area contributed by atoms with Crippen LogP contribution in [-0.2, 0) is 4.79 Å². The Bertz CT molecular complexity index is 1050. The first-order valence-corrected chi connectivity index (χ1v) is 10.3. The average Bonchev–Trinajstić information content (AvgIpc) is 3.48. The first-order valence-electron chi connectivity index (χ1n) is 9.47. The number of nitrogens with one attached hydrogen (secondary N) is 1. The van der Waals surface area contributed by atoms with E-state index in [1.807, 2.05) is 19.1 Å². The highest BCUT2D eigenvalue weighted by atomic mass is 32.2. The molecule has 1 aliphatic rings. The van der Waals surface area contributed by atoms with Crippen LogP contribution in [0.4, 0.5) is 5.69 Å². The zero-order chi connectivity index (χ0) is 20.4. The lowest BCUT2D eigenvalue weighted by molar-refractivity contribution is -0.115. The first-order chi connectivity index (χ1) is 14.0. The largest absolute Gasteiger partial charge is 0.325 e. The van der Waals surface area contributed by atoms with E-state index in [2.05, 4.69) is 25.1 Å². The summed E-state index contributed by atoms with van der Waals surface area (Å²) in [4.78, 5) is 28.3. The number of hydrogen-bond acceptors (Lipinski definition) is 6. The van der Waals surface area contributed by atoms with Crippen molar-refractivity contribution in [2.24, 2.45) is 0 Å². The van der Waals surface area contributed by atoms with Crippen molar-refractivity contribution >= 4 is 29.1 Å². The molecule has 0 radical (unpaired) electrons. The van der Waals surface area contributed by atoms with Gasteiger partial charge in [0.05, 0.1) is 5.25 Å². The third kappa shape index (κ3) is 4.37. The van der Waals surface area contributed by atoms with Gasteiger partial charge in [0.15, 0.2) is 16.8 Å². The number of aromatic nitrogens is 4. The summed E-state index contributed by atoms with van der Waals surface area (Å²) in [5.41, 5.74) is 2.14. The number of nitrogens with zero attached hydrogens (tertiary/aromatic N) is 4. The summed E-state index contributed by atoms with van der Waals surface area (Å²) in [6, 6.07) is 11.1. The molecular formula is C21H21N5O2S. The molecule has 0 spiro atoms. The maximum Gasteiger partial charge on any atom is 0.237 e. The van der Waals surface area contributed by atoms with Gasteiger partial charge >= 0.3 is 0 Å². The van der Waals surface area contributed by atoms with Crippen molar-refractivity contribution < 1.29 is 9.59 Å². The van der Waals surface area contributed by atoms with Gasteiger partial charge in [0, 0.05) is 35.2 Å². The number of Topliss-reactive ketones (excluding diaryl/α,β-unsaturated/α-hetero) is 1. The van der Waals surface area contributed by atoms with Gasteiger partial charge in [0.1, 0.15) is 0 Å². The van der Waals surface area contributed by atoms with E-state index in [-0.39, 0.29) is 16.9 Å². The number of amides is 1. The van der Waals surface area contributed by atoms with E-state index >= 15 is 0 Å². The molecule has 29 heavy (non-hydrogen) atoms. The lowest BCUT2D eigenvalue weighted by atomic mass is 10.1. The molecule has 7 nitrogen and oxygen atoms in total. The molecule has 0 aliphatic heterocycles. The molecule has 3 aromatic rings. The van der Waals surface area contributed by atoms with E-state index in [1.165, 1.54) is 18.7 Å². The Kier molecular flexibility index (Phi) is 5.44. The van der Waals surface area contributed by atoms with Crippen LogP contribution in [0.2, 0.25) is 0 Å². The Morgan fingerprint density at radius 3 is 2.62 bits per heavy atom. The standard InChI is InChI=1S/C21H21N5O2S/c1-13(27)16-4-3-5-17(12-16)23-20(28)14(2)29-21-25-24-19(26(21)18-6-7-18)15-8-10-22-11-9-15/h3-5,8-12,14,18H,6-7H2,1-2H3,(H,23,28)/t14-/m1/s1. The monoisotopic (exact) mass is 407 g/mol. The second-order valence-corrected chi connectivity index (χ2v) is 8.34. The Morgan fingerprint density at radius 2 is 1.93 bits per heavy atom. The maximum atomic E-state index is 12.7. The molecule has 8 heteroatoms. The van der Waals surface area contributed by atoms with Gasteiger partial charge in [-0.2, -0.15) is 0 Å². The summed E-state index contributed by atoms with van der Waals surface area (Å²) >= 11 is 1.39. The number of anilines is 1. The Hall–Kier alpha value is -3.00. The normalized spacial score (nSPS) is 14.4. The smallest absolute Gasteiger partial charge is 0.237 e. The maximum absolute atomic E-state index is 12.7. The number of ketones is 1. The van der Waals surface area contributed by atoms with E-state index in [9.17, 15) is 9.59 Å². The van der Waals surface area contributed by atoms with Gasteiger partial charge in [-0.05, 0) is 51.0 Å². The van der Waals surface area contributed by atoms with Crippen LogP contribution in [0.3, 0.4) is 0 Å². The van der Waals surface area contributed by atoms with Crippen LogP contribution in [0.15, 0.2) is 53.9 Å². The second kappa shape index (κ2) is 8.16. The molecule has 0 bridgehead atoms. The Morgan fingerprint density at radius 1 is 1.17 bits per heavy atom. The first kappa shape index (κ1) is 19.3. The SMILES string of the molecule is CC(=O)c1cccc(NC(=O)[C@@H](C)Sc2nnc(-c3ccncc3)n2C2CC2)c1. The molecule has 1 aromatic carbocycles. The molecule has 1 saturated carbocycles. The highest BCUT2D eigenvalue weighted by Crippen LogP contribution is 2.41. The van der Waals surface area contributed by atoms with Crippen molar-refractivity contribution in [2.75, 3.05) is 5.32 Å². The number of pyridine rings is 1. The molecule has 0 unspecified atom stereocenters. The number of rotatable bonds is 7. The average molecular weight is 407 g/mol. The van der Waals surface area contributed by atoms with Gasteiger partial charge in [0.25, 0.3) is 0 Å². The molecule has 2 aromatic heterocycles. The fourth-order valence-electron chi connectivity index (χ4n) is 2.99. The molecule has 2 heterocycles. The highest BCUT2D eigenvalue weighted by Gasteiger charge is 2.31. The highest BCUT2D eigenvalue weighted by molar-refractivity contribution is 8.00. The van der Waals surface area contributed by atoms with E-state index in [0.717, 1.165) is 29.4 Å². The molecule has 148 valence electrons. The molecule has 1 aliphatic carbocycles. The van der Waals surface area contributed by atoms with Crippen LogP contribution in [0.1, 0.15) is 43.1 Å². The topological polar surface area (TPSA) is 89.8 Å². The number of benzene rings is 1. The lowest BCUT2D eigenvalue weighted by Crippen LogP contribution is -2.23. The van der Waals surface area contributed by atoms with Crippen LogP contribution >= 0.6 is 11.8 Å². The van der Waals surface area contributed by atoms with Gasteiger partial charge in [-0.1, -0.05) is 23.9 Å². The number of hydrogen-bond donors (Lipinski definition) is 1. The van der Waals surface area contributed by atoms with Crippen LogP contribution in [0, 0.1) is 0 Å². The molecule has 1 atom stereocenters. The third-order valence-electron chi connectivity index (χ3n) is 4.70. The fraction of sp³-hybridized carbons (Fsp3) is 0.286. The van der Waals surface area contributed by atoms with Gasteiger partial charge in [-0.15, -0.1) is 10.2 Å². The lowest BCUT2D eigenvalue weighted by Gasteiger charge is -2.13. The van der Waals surface area contributed by atoms with Crippen molar-refractivity contribution in [1.82, 2.24) is 19.7 Å². The number of carbonyl (C=O) groups is 2. The molecule has 1 fully saturated rings. The van der Waals surface area contributed by atoms with Gasteiger partial charge < -0.3 is 5.32 Å². The predicted octanol–water partition coefficient (Wildman–Crippen LogP) is 4.00. The van der Waals surface area contributed by atoms with E-state index in [1.54, 1.807) is 36.7 Å². The van der Waals surface area contributed by atoms with Crippen molar-refractivity contribution in [3.63, 3.8) is 0 Å². The number of carbonyl (C=O) groups excluding carboxylic acids is 2. The minimum atomic E-state index is -0.372. The summed E-state index contributed by atoms with van der Waals surface area (Å²) in [6.45, 7) is 3.34. The molecule has 0 saturated heterocycles. The minimum absolute atomic E-state index is 0.0373. The third-order valence-corrected chi connectivity index (χ3v) is 5.76. The summed E-state index contributed by atoms with van der Waals surface area (Å²) in [5.74, 6) is 0.621. The fourth-order valence-corrected chi connectivity index (χ4v) is 3.91. The summed E-state index contributed by atoms with van der Waals surface area (Å²) < 4.78 is 2.13. The number of thioether (sulfide) groups is 1. The molecular weight excluding hydrogens is 386 g/mol. The zero-order valence-corrected chi connectivity index (χ0v) is 17.0. The Labute approximate surface area is 173 Å². The van der Waals surface area contributed by atoms with Crippen LogP contribution < -0.4 is 5.32 Å². The summed E-state index contributed by atoms with van der Waals surface area (Å²) in [5, 5.41) is 12.0. The van der Waals surface area contributed by atoms with Crippen molar-refractivity contribution in [1.29, 1.82) is 0 Å². The van der Waals surface area contributed by atoms with Gasteiger partial charge in [0.2, 0.25) is 5.91 Å². The van der Waals surface area contributed by atoms with Crippen LogP contribution in [0.25, 0.3) is 11.4 Å². The van der Waals surface area contributed by atoms with Crippen molar-refractivity contribution in [2.45, 2.75) is 43.1 Å². The molecule has 1 amide bonds. The molecule has 1 N–H and O–H groups in total. The second-order valence-electron chi connectivity index (χ2n) is 7.03. The van der Waals surface area contributed by atoms with Crippen LogP contribution in [-0.4, -0.2) is 36.7 Å². The minimum Gasteiger partial charge on any atom is -0.325 e. The van der Waals surface area contributed by atoms with Crippen LogP contribution in [0.5, 0.6) is 0 Å². The van der Waals surface area contributed by atoms with Crippen molar-refractivity contribution in [3.8, 4) is 11.4 Å². The van der Waals surface area contributed by atoms with Gasteiger partial charge in [-0.25, -0.2) is 0 Å². The molecule has 4 rings (SSSR count). The Balaban J connectivity index is 1.50. The van der Waals surface area contributed by atoms with E-state index < -0.39 is 0 Å².